The maximum Gasteiger partial charge on any atom is 0.419 e. The topological polar surface area (TPSA) is 68.5 Å². The van der Waals surface area contributed by atoms with Crippen LogP contribution in [0.2, 0.25) is 5.02 Å². The first-order chi connectivity index (χ1) is 17.6. The summed E-state index contributed by atoms with van der Waals surface area (Å²) in [6.45, 7) is 3.55. The van der Waals surface area contributed by atoms with Crippen LogP contribution in [0.3, 0.4) is 0 Å². The van der Waals surface area contributed by atoms with Gasteiger partial charge < -0.3 is 14.2 Å². The van der Waals surface area contributed by atoms with Crippen LogP contribution in [0, 0.1) is 28.6 Å². The van der Waals surface area contributed by atoms with Crippen molar-refractivity contribution in [2.45, 2.75) is 26.1 Å². The zero-order valence-electron chi connectivity index (χ0n) is 20.1. The molecule has 0 saturated heterocycles. The van der Waals surface area contributed by atoms with Gasteiger partial charge in [-0.25, -0.2) is 0 Å². The molecule has 0 amide bonds. The van der Waals surface area contributed by atoms with Crippen LogP contribution >= 0.6 is 11.6 Å². The number of hydrogen-bond donors (Lipinski definition) is 0. The second kappa shape index (κ2) is 10.6. The van der Waals surface area contributed by atoms with E-state index in [0.717, 1.165) is 0 Å². The summed E-state index contributed by atoms with van der Waals surface area (Å²) in [5.74, 6) is -0.911. The molecule has 0 aliphatic heterocycles. The molecule has 0 heterocycles. The molecular formula is C29H24ClF2NO4. The summed E-state index contributed by atoms with van der Waals surface area (Å²) < 4.78 is 44.8. The Morgan fingerprint density at radius 1 is 1.05 bits per heavy atom. The highest BCUT2D eigenvalue weighted by atomic mass is 35.5. The third kappa shape index (κ3) is 6.28. The van der Waals surface area contributed by atoms with Crippen molar-refractivity contribution in [1.29, 1.82) is 5.26 Å². The molecule has 4 rings (SSSR count). The summed E-state index contributed by atoms with van der Waals surface area (Å²) in [6.07, 6.45) is -2.95. The fourth-order valence-electron chi connectivity index (χ4n) is 4.13. The molecule has 3 unspecified atom stereocenters. The molecule has 0 N–H and O–H groups in total. The maximum absolute atomic E-state index is 14.4. The van der Waals surface area contributed by atoms with Crippen LogP contribution in [-0.4, -0.2) is 12.1 Å². The van der Waals surface area contributed by atoms with Gasteiger partial charge in [0.25, 0.3) is 0 Å². The van der Waals surface area contributed by atoms with E-state index in [1.807, 2.05) is 24.3 Å². The number of esters is 1. The number of hydrogen-bond acceptors (Lipinski definition) is 5. The van der Waals surface area contributed by atoms with Gasteiger partial charge in [-0.3, -0.25) is 4.79 Å². The first kappa shape index (κ1) is 26.2. The molecule has 1 saturated carbocycles. The Bertz CT molecular complexity index is 1340. The van der Waals surface area contributed by atoms with Crippen LogP contribution < -0.4 is 9.47 Å². The summed E-state index contributed by atoms with van der Waals surface area (Å²) >= 11 is 5.90. The van der Waals surface area contributed by atoms with Crippen LogP contribution in [0.25, 0.3) is 0 Å². The Balaban J connectivity index is 1.41. The predicted molar refractivity (Wildman–Crippen MR) is 134 cm³/mol. The van der Waals surface area contributed by atoms with Gasteiger partial charge in [-0.1, -0.05) is 74.0 Å². The summed E-state index contributed by atoms with van der Waals surface area (Å²) in [5, 5.41) is 9.73. The molecule has 3 aromatic rings. The molecule has 0 spiro atoms. The molecule has 5 nitrogen and oxygen atoms in total. The van der Waals surface area contributed by atoms with Crippen molar-refractivity contribution in [1.82, 2.24) is 0 Å². The Kier molecular flexibility index (Phi) is 7.51. The predicted octanol–water partition coefficient (Wildman–Crippen LogP) is 7.74. The van der Waals surface area contributed by atoms with Crippen LogP contribution in [0.5, 0.6) is 17.2 Å². The molecule has 8 heteroatoms. The van der Waals surface area contributed by atoms with Crippen molar-refractivity contribution < 1.29 is 27.8 Å². The lowest BCUT2D eigenvalue weighted by Crippen LogP contribution is -2.21. The summed E-state index contributed by atoms with van der Waals surface area (Å²) in [4.78, 5) is 12.9. The van der Waals surface area contributed by atoms with Gasteiger partial charge >= 0.3 is 12.1 Å². The number of allylic oxidation sites excluding steroid dienone is 1. The third-order valence-electron chi connectivity index (χ3n) is 6.24. The van der Waals surface area contributed by atoms with Crippen molar-refractivity contribution in [2.24, 2.45) is 17.3 Å². The van der Waals surface area contributed by atoms with Crippen LogP contribution in [0.15, 0.2) is 91.0 Å². The molecular weight excluding hydrogens is 500 g/mol. The van der Waals surface area contributed by atoms with Gasteiger partial charge in [-0.15, -0.1) is 0 Å². The SMILES string of the molecule is CC1(C)C(/C=C\C(F)(F)Oc2ccccc2Cl)C1C(=O)OC(C#N)c1cccc(Oc2ccccc2)c1. The van der Waals surface area contributed by atoms with E-state index in [2.05, 4.69) is 0 Å². The largest absolute Gasteiger partial charge is 0.457 e. The normalized spacial score (nSPS) is 19.0. The average molecular weight is 524 g/mol. The molecule has 37 heavy (non-hydrogen) atoms. The van der Waals surface area contributed by atoms with Crippen LogP contribution in [0.1, 0.15) is 25.5 Å². The molecule has 1 aliphatic carbocycles. The average Bonchev–Trinajstić information content (AvgIpc) is 3.43. The van der Waals surface area contributed by atoms with Gasteiger partial charge in [0.15, 0.2) is 0 Å². The summed E-state index contributed by atoms with van der Waals surface area (Å²) in [7, 11) is 0. The Morgan fingerprint density at radius 3 is 2.43 bits per heavy atom. The second-order valence-corrected chi connectivity index (χ2v) is 9.62. The van der Waals surface area contributed by atoms with Crippen LogP contribution in [0.4, 0.5) is 8.78 Å². The van der Waals surface area contributed by atoms with Gasteiger partial charge in [0.2, 0.25) is 6.10 Å². The van der Waals surface area contributed by atoms with Gasteiger partial charge in [0.05, 0.1) is 10.9 Å². The minimum absolute atomic E-state index is 0.0598. The summed E-state index contributed by atoms with van der Waals surface area (Å²) in [5.41, 5.74) is -0.193. The van der Waals surface area contributed by atoms with Gasteiger partial charge in [-0.2, -0.15) is 14.0 Å². The summed E-state index contributed by atoms with van der Waals surface area (Å²) in [6, 6.07) is 23.7. The fourth-order valence-corrected chi connectivity index (χ4v) is 4.31. The quantitative estimate of drug-likeness (QED) is 0.212. The molecule has 0 radical (unpaired) electrons. The van der Waals surface area contributed by atoms with E-state index in [0.29, 0.717) is 23.1 Å². The van der Waals surface area contributed by atoms with E-state index in [1.165, 1.54) is 24.3 Å². The second-order valence-electron chi connectivity index (χ2n) is 9.21. The number of halogens is 3. The van der Waals surface area contributed by atoms with E-state index in [-0.39, 0.29) is 10.8 Å². The Morgan fingerprint density at radius 2 is 1.73 bits per heavy atom. The lowest BCUT2D eigenvalue weighted by atomic mass is 10.1. The van der Waals surface area contributed by atoms with Gasteiger partial charge in [-0.05, 0) is 47.7 Å². The monoisotopic (exact) mass is 523 g/mol. The maximum atomic E-state index is 14.4. The minimum atomic E-state index is -3.63. The van der Waals surface area contributed by atoms with Crippen molar-refractivity contribution in [3.63, 3.8) is 0 Å². The highest BCUT2D eigenvalue weighted by molar-refractivity contribution is 6.32. The Hall–Kier alpha value is -3.89. The molecule has 3 atom stereocenters. The zero-order valence-corrected chi connectivity index (χ0v) is 20.9. The molecule has 3 aromatic carbocycles. The van der Waals surface area contributed by atoms with Crippen molar-refractivity contribution in [2.75, 3.05) is 0 Å². The number of alkyl halides is 2. The smallest absolute Gasteiger partial charge is 0.419 e. The molecule has 1 aliphatic rings. The lowest BCUT2D eigenvalue weighted by Gasteiger charge is -2.15. The van der Waals surface area contributed by atoms with E-state index < -0.39 is 35.4 Å². The van der Waals surface area contributed by atoms with E-state index in [1.54, 1.807) is 56.3 Å². The fraction of sp³-hybridized carbons (Fsp3) is 0.241. The highest BCUT2D eigenvalue weighted by Gasteiger charge is 2.62. The van der Waals surface area contributed by atoms with Gasteiger partial charge in [0, 0.05) is 11.6 Å². The number of ether oxygens (including phenoxy) is 3. The Labute approximate surface area is 218 Å². The standard InChI is InChI=1S/C29H24ClF2NO4/c1-28(2)22(15-16-29(31,32)37-24-14-7-6-13-23(24)30)26(28)27(34)36-25(18-33)19-9-8-12-21(17-19)35-20-10-4-3-5-11-20/h3-17,22,25-26H,1-2H3/b16-15-. The number of para-hydroxylation sites is 2. The van der Waals surface area contributed by atoms with E-state index in [4.69, 9.17) is 25.8 Å². The number of carbonyl (C=O) groups is 1. The third-order valence-corrected chi connectivity index (χ3v) is 6.55. The number of rotatable bonds is 9. The zero-order chi connectivity index (χ0) is 26.6. The van der Waals surface area contributed by atoms with Crippen molar-refractivity contribution >= 4 is 17.6 Å². The minimum Gasteiger partial charge on any atom is -0.457 e. The number of nitrogens with zero attached hydrogens (tertiary/aromatic N) is 1. The molecule has 0 aromatic heterocycles. The lowest BCUT2D eigenvalue weighted by molar-refractivity contribution is -0.149. The number of nitriles is 1. The number of carbonyl (C=O) groups excluding carboxylic acids is 1. The van der Waals surface area contributed by atoms with Crippen molar-refractivity contribution in [3.8, 4) is 23.3 Å². The first-order valence-electron chi connectivity index (χ1n) is 11.5. The molecule has 190 valence electrons. The van der Waals surface area contributed by atoms with Crippen LogP contribution in [-0.2, 0) is 9.53 Å². The van der Waals surface area contributed by atoms with Gasteiger partial charge in [0.1, 0.15) is 23.3 Å². The molecule has 0 bridgehead atoms. The first-order valence-corrected chi connectivity index (χ1v) is 11.9. The number of benzene rings is 3. The van der Waals surface area contributed by atoms with Crippen molar-refractivity contribution in [3.05, 3.63) is 102 Å². The highest BCUT2D eigenvalue weighted by Crippen LogP contribution is 2.60. The molecule has 1 fully saturated rings. The van der Waals surface area contributed by atoms with E-state index >= 15 is 0 Å². The van der Waals surface area contributed by atoms with E-state index in [9.17, 15) is 18.8 Å².